The van der Waals surface area contributed by atoms with E-state index in [1.165, 1.54) is 19.2 Å². The van der Waals surface area contributed by atoms with E-state index in [-0.39, 0.29) is 11.4 Å². The molecule has 0 fully saturated rings. The number of nitrogens with zero attached hydrogens (tertiary/aromatic N) is 2. The Hall–Kier alpha value is -2.91. The summed E-state index contributed by atoms with van der Waals surface area (Å²) >= 11 is 0. The zero-order valence-corrected chi connectivity index (χ0v) is 17.3. The van der Waals surface area contributed by atoms with E-state index in [1.807, 2.05) is 13.0 Å². The first-order valence-electron chi connectivity index (χ1n) is 9.03. The second-order valence-corrected chi connectivity index (χ2v) is 8.71. The number of aryl methyl sites for hydroxylation is 1. The molecule has 0 atom stereocenters. The number of amides is 1. The van der Waals surface area contributed by atoms with Gasteiger partial charge in [0.05, 0.1) is 17.2 Å². The Bertz CT molecular complexity index is 1030. The number of benzene rings is 2. The predicted molar refractivity (Wildman–Crippen MR) is 109 cm³/mol. The molecular formula is C20H23N3O5S. The van der Waals surface area contributed by atoms with Gasteiger partial charge in [0.15, 0.2) is 11.5 Å². The second-order valence-electron chi connectivity index (χ2n) is 6.66. The van der Waals surface area contributed by atoms with E-state index < -0.39 is 15.9 Å². The maximum Gasteiger partial charge on any atom is 0.255 e. The lowest BCUT2D eigenvalue weighted by Gasteiger charge is -2.19. The van der Waals surface area contributed by atoms with Gasteiger partial charge >= 0.3 is 0 Å². The van der Waals surface area contributed by atoms with Gasteiger partial charge in [-0.25, -0.2) is 13.8 Å². The number of carbonyl (C=O) groups excluding carboxylic acids is 1. The number of nitrogens with one attached hydrogen (secondary N) is 1. The van der Waals surface area contributed by atoms with Gasteiger partial charge in [-0.05, 0) is 44.2 Å². The SMILES string of the molecule is C/C(=N\NC(=O)CN(C)S(=O)(=O)c1ccc(C)cc1)c1ccc2c(c1)OCCO2. The molecule has 0 radical (unpaired) electrons. The van der Waals surface area contributed by atoms with Crippen LogP contribution in [-0.4, -0.2) is 51.1 Å². The number of hydrogen-bond acceptors (Lipinski definition) is 6. The van der Waals surface area contributed by atoms with Crippen LogP contribution in [0.25, 0.3) is 0 Å². The van der Waals surface area contributed by atoms with Crippen molar-refractivity contribution in [3.63, 3.8) is 0 Å². The van der Waals surface area contributed by atoms with Gasteiger partial charge in [-0.3, -0.25) is 4.79 Å². The molecule has 2 aromatic carbocycles. The van der Waals surface area contributed by atoms with Crippen molar-refractivity contribution in [1.82, 2.24) is 9.73 Å². The summed E-state index contributed by atoms with van der Waals surface area (Å²) in [5, 5.41) is 4.06. The molecule has 3 rings (SSSR count). The van der Waals surface area contributed by atoms with Crippen LogP contribution in [0.4, 0.5) is 0 Å². The highest BCUT2D eigenvalue weighted by Gasteiger charge is 2.22. The maximum atomic E-state index is 12.6. The molecule has 1 N–H and O–H groups in total. The number of fused-ring (bicyclic) bond motifs is 1. The molecule has 154 valence electrons. The molecule has 0 spiro atoms. The molecule has 0 unspecified atom stereocenters. The Morgan fingerprint density at radius 2 is 1.76 bits per heavy atom. The lowest BCUT2D eigenvalue weighted by Crippen LogP contribution is -2.36. The maximum absolute atomic E-state index is 12.6. The molecule has 0 saturated carbocycles. The van der Waals surface area contributed by atoms with Crippen molar-refractivity contribution in [1.29, 1.82) is 0 Å². The third-order valence-corrected chi connectivity index (χ3v) is 6.22. The van der Waals surface area contributed by atoms with Crippen LogP contribution in [0.1, 0.15) is 18.1 Å². The van der Waals surface area contributed by atoms with Crippen LogP contribution < -0.4 is 14.9 Å². The van der Waals surface area contributed by atoms with Gasteiger partial charge in [-0.15, -0.1) is 0 Å². The highest BCUT2D eigenvalue weighted by atomic mass is 32.2. The number of sulfonamides is 1. The van der Waals surface area contributed by atoms with Crippen LogP contribution >= 0.6 is 0 Å². The van der Waals surface area contributed by atoms with E-state index in [0.717, 1.165) is 15.4 Å². The first kappa shape index (κ1) is 20.8. The number of ether oxygens (including phenoxy) is 2. The zero-order valence-electron chi connectivity index (χ0n) is 16.5. The van der Waals surface area contributed by atoms with Crippen LogP contribution in [0.2, 0.25) is 0 Å². The zero-order chi connectivity index (χ0) is 21.0. The van der Waals surface area contributed by atoms with Crippen LogP contribution in [0.15, 0.2) is 52.5 Å². The highest BCUT2D eigenvalue weighted by Crippen LogP contribution is 2.30. The molecule has 9 heteroatoms. The summed E-state index contributed by atoms with van der Waals surface area (Å²) in [7, 11) is -2.40. The van der Waals surface area contributed by atoms with Gasteiger partial charge < -0.3 is 9.47 Å². The minimum atomic E-state index is -3.76. The Morgan fingerprint density at radius 3 is 2.45 bits per heavy atom. The fourth-order valence-electron chi connectivity index (χ4n) is 2.69. The fourth-order valence-corrected chi connectivity index (χ4v) is 3.82. The van der Waals surface area contributed by atoms with E-state index in [4.69, 9.17) is 9.47 Å². The van der Waals surface area contributed by atoms with Crippen LogP contribution in [0.3, 0.4) is 0 Å². The van der Waals surface area contributed by atoms with Gasteiger partial charge in [0.2, 0.25) is 10.0 Å². The van der Waals surface area contributed by atoms with Crippen molar-refractivity contribution in [3.05, 3.63) is 53.6 Å². The topological polar surface area (TPSA) is 97.3 Å². The molecule has 1 heterocycles. The number of rotatable bonds is 6. The van der Waals surface area contributed by atoms with E-state index in [2.05, 4.69) is 10.5 Å². The standard InChI is InChI=1S/C20H23N3O5S/c1-14-4-7-17(8-5-14)29(25,26)23(3)13-20(24)22-21-15(2)16-6-9-18-19(12-16)28-11-10-27-18/h4-9,12H,10-11,13H2,1-3H3,(H,22,24)/b21-15+. The first-order valence-corrected chi connectivity index (χ1v) is 10.5. The summed E-state index contributed by atoms with van der Waals surface area (Å²) < 4.78 is 37.1. The first-order chi connectivity index (χ1) is 13.8. The molecule has 29 heavy (non-hydrogen) atoms. The summed E-state index contributed by atoms with van der Waals surface area (Å²) in [6.07, 6.45) is 0. The molecule has 0 saturated heterocycles. The van der Waals surface area contributed by atoms with Crippen LogP contribution in [-0.2, 0) is 14.8 Å². The smallest absolute Gasteiger partial charge is 0.255 e. The Morgan fingerprint density at radius 1 is 1.10 bits per heavy atom. The molecule has 1 amide bonds. The van der Waals surface area contributed by atoms with E-state index in [1.54, 1.807) is 31.2 Å². The number of likely N-dealkylation sites (N-methyl/N-ethyl adjacent to an activating group) is 1. The molecular weight excluding hydrogens is 394 g/mol. The van der Waals surface area contributed by atoms with E-state index >= 15 is 0 Å². The van der Waals surface area contributed by atoms with Gasteiger partial charge in [-0.1, -0.05) is 17.7 Å². The molecule has 0 aromatic heterocycles. The minimum Gasteiger partial charge on any atom is -0.486 e. The van der Waals surface area contributed by atoms with E-state index in [0.29, 0.717) is 30.4 Å². The summed E-state index contributed by atoms with van der Waals surface area (Å²) in [4.78, 5) is 12.3. The summed E-state index contributed by atoms with van der Waals surface area (Å²) in [6, 6.07) is 11.8. The molecule has 0 aliphatic carbocycles. The normalized spacial score (nSPS) is 14.0. The predicted octanol–water partition coefficient (Wildman–Crippen LogP) is 1.93. The molecule has 1 aliphatic rings. The average molecular weight is 417 g/mol. The third-order valence-electron chi connectivity index (χ3n) is 4.40. The summed E-state index contributed by atoms with van der Waals surface area (Å²) in [5.41, 5.74) is 4.66. The summed E-state index contributed by atoms with van der Waals surface area (Å²) in [6.45, 7) is 4.24. The van der Waals surface area contributed by atoms with Crippen molar-refractivity contribution in [3.8, 4) is 11.5 Å². The second kappa shape index (κ2) is 8.62. The Balaban J connectivity index is 1.63. The fraction of sp³-hybridized carbons (Fsp3) is 0.300. The third kappa shape index (κ3) is 4.93. The average Bonchev–Trinajstić information content (AvgIpc) is 2.71. The van der Waals surface area contributed by atoms with Crippen LogP contribution in [0, 0.1) is 6.92 Å². The van der Waals surface area contributed by atoms with Gasteiger partial charge in [-0.2, -0.15) is 9.41 Å². The van der Waals surface area contributed by atoms with Crippen LogP contribution in [0.5, 0.6) is 11.5 Å². The number of carbonyl (C=O) groups is 1. The van der Waals surface area contributed by atoms with Crippen molar-refractivity contribution >= 4 is 21.6 Å². The molecule has 1 aliphatic heterocycles. The van der Waals surface area contributed by atoms with Crippen molar-refractivity contribution in [2.75, 3.05) is 26.8 Å². The Labute approximate surface area is 170 Å². The summed E-state index contributed by atoms with van der Waals surface area (Å²) in [5.74, 6) is 0.749. The number of hydrazone groups is 1. The van der Waals surface area contributed by atoms with Crippen molar-refractivity contribution in [2.45, 2.75) is 18.7 Å². The van der Waals surface area contributed by atoms with Crippen molar-refractivity contribution < 1.29 is 22.7 Å². The van der Waals surface area contributed by atoms with Gasteiger partial charge in [0.25, 0.3) is 5.91 Å². The molecule has 0 bridgehead atoms. The van der Waals surface area contributed by atoms with Gasteiger partial charge in [0.1, 0.15) is 13.2 Å². The van der Waals surface area contributed by atoms with E-state index in [9.17, 15) is 13.2 Å². The quantitative estimate of drug-likeness (QED) is 0.572. The highest BCUT2D eigenvalue weighted by molar-refractivity contribution is 7.89. The monoisotopic (exact) mass is 417 g/mol. The Kier molecular flexibility index (Phi) is 6.19. The molecule has 2 aromatic rings. The van der Waals surface area contributed by atoms with Gasteiger partial charge in [0, 0.05) is 12.6 Å². The lowest BCUT2D eigenvalue weighted by atomic mass is 10.1. The lowest BCUT2D eigenvalue weighted by molar-refractivity contribution is -0.121. The number of hydrogen-bond donors (Lipinski definition) is 1. The molecule has 8 nitrogen and oxygen atoms in total. The largest absolute Gasteiger partial charge is 0.486 e. The minimum absolute atomic E-state index is 0.134. The van der Waals surface area contributed by atoms with Crippen molar-refractivity contribution in [2.24, 2.45) is 5.10 Å².